The van der Waals surface area contributed by atoms with Crippen LogP contribution in [0.15, 0.2) is 29.0 Å². The Hall–Kier alpha value is -2.32. The van der Waals surface area contributed by atoms with Crippen molar-refractivity contribution in [3.05, 3.63) is 24.0 Å². The van der Waals surface area contributed by atoms with Crippen molar-refractivity contribution in [3.63, 3.8) is 0 Å². The lowest BCUT2D eigenvalue weighted by molar-refractivity contribution is -0.138. The van der Waals surface area contributed by atoms with Crippen LogP contribution in [0.2, 0.25) is 0 Å². The smallest absolute Gasteiger partial charge is 0.434 e. The summed E-state index contributed by atoms with van der Waals surface area (Å²) in [5.74, 6) is -1.57. The Labute approximate surface area is 132 Å². The Kier molecular flexibility index (Phi) is 7.51. The van der Waals surface area contributed by atoms with Gasteiger partial charge < -0.3 is 15.8 Å². The number of hydrogen-bond acceptors (Lipinski definition) is 5. The van der Waals surface area contributed by atoms with Gasteiger partial charge >= 0.3 is 12.1 Å². The van der Waals surface area contributed by atoms with Crippen molar-refractivity contribution in [1.29, 1.82) is 0 Å². The molecule has 0 rings (SSSR count). The van der Waals surface area contributed by atoms with E-state index in [1.807, 2.05) is 0 Å². The van der Waals surface area contributed by atoms with Gasteiger partial charge in [0.1, 0.15) is 5.57 Å². The molecule has 0 bridgehead atoms. The van der Waals surface area contributed by atoms with Crippen molar-refractivity contribution < 1.29 is 27.5 Å². The lowest BCUT2D eigenvalue weighted by atomic mass is 10.1. The van der Waals surface area contributed by atoms with Crippen molar-refractivity contribution >= 4 is 17.6 Å². The third-order valence-corrected chi connectivity index (χ3v) is 2.38. The maximum absolute atomic E-state index is 13.0. The molecule has 130 valence electrons. The van der Waals surface area contributed by atoms with E-state index in [9.17, 15) is 22.8 Å². The number of nitrogens with two attached hydrogens (primary N) is 1. The first-order valence-electron chi connectivity index (χ1n) is 6.65. The van der Waals surface area contributed by atoms with E-state index in [4.69, 9.17) is 5.73 Å². The second-order valence-electron chi connectivity index (χ2n) is 4.99. The Morgan fingerprint density at radius 2 is 1.87 bits per heavy atom. The molecule has 1 amide bonds. The summed E-state index contributed by atoms with van der Waals surface area (Å²) in [6, 6.07) is 0. The van der Waals surface area contributed by atoms with Gasteiger partial charge in [0.05, 0.1) is 12.1 Å². The van der Waals surface area contributed by atoms with E-state index in [2.05, 4.69) is 15.0 Å². The highest BCUT2D eigenvalue weighted by Gasteiger charge is 2.40. The van der Waals surface area contributed by atoms with Crippen LogP contribution in [-0.4, -0.2) is 35.9 Å². The van der Waals surface area contributed by atoms with Crippen LogP contribution in [0.3, 0.4) is 0 Å². The van der Waals surface area contributed by atoms with Gasteiger partial charge in [0, 0.05) is 19.3 Å². The van der Waals surface area contributed by atoms with Crippen LogP contribution in [0, 0.1) is 0 Å². The zero-order valence-corrected chi connectivity index (χ0v) is 13.3. The maximum atomic E-state index is 13.0. The third-order valence-electron chi connectivity index (χ3n) is 2.38. The summed E-state index contributed by atoms with van der Waals surface area (Å²) in [7, 11) is 0. The molecular formula is C14H20F3N3O3. The molecule has 0 saturated carbocycles. The number of alkyl halides is 3. The predicted molar refractivity (Wildman–Crippen MR) is 79.4 cm³/mol. The number of carbonyl (C=O) groups is 2. The van der Waals surface area contributed by atoms with Gasteiger partial charge in [-0.25, -0.2) is 4.79 Å². The Morgan fingerprint density at radius 3 is 2.26 bits per heavy atom. The number of ether oxygens (including phenoxy) is 1. The molecular weight excluding hydrogens is 315 g/mol. The van der Waals surface area contributed by atoms with Crippen LogP contribution in [0.25, 0.3) is 0 Å². The highest BCUT2D eigenvalue weighted by atomic mass is 19.4. The average Bonchev–Trinajstić information content (AvgIpc) is 2.35. The largest absolute Gasteiger partial charge is 0.462 e. The van der Waals surface area contributed by atoms with Crippen LogP contribution >= 0.6 is 0 Å². The lowest BCUT2D eigenvalue weighted by Gasteiger charge is -2.20. The first kappa shape index (κ1) is 20.7. The third kappa shape index (κ3) is 7.48. The summed E-state index contributed by atoms with van der Waals surface area (Å²) in [6.07, 6.45) is -2.31. The normalized spacial score (nSPS) is 14.0. The number of nitrogens with one attached hydrogen (secondary N) is 1. The molecule has 0 aromatic rings. The zero-order valence-electron chi connectivity index (χ0n) is 13.3. The summed E-state index contributed by atoms with van der Waals surface area (Å²) < 4.78 is 43.7. The van der Waals surface area contributed by atoms with Gasteiger partial charge in [0.25, 0.3) is 0 Å². The van der Waals surface area contributed by atoms with Gasteiger partial charge in [-0.3, -0.25) is 9.79 Å². The summed E-state index contributed by atoms with van der Waals surface area (Å²) in [4.78, 5) is 25.8. The summed E-state index contributed by atoms with van der Waals surface area (Å²) in [5, 5.41) is 2.51. The molecule has 0 saturated heterocycles. The molecule has 0 fully saturated rings. The van der Waals surface area contributed by atoms with E-state index in [0.29, 0.717) is 6.20 Å². The van der Waals surface area contributed by atoms with Crippen LogP contribution in [-0.2, 0) is 14.3 Å². The number of nitrogens with zero attached hydrogens (tertiary/aromatic N) is 1. The minimum absolute atomic E-state index is 0.104. The van der Waals surface area contributed by atoms with Crippen LogP contribution < -0.4 is 11.1 Å². The van der Waals surface area contributed by atoms with E-state index >= 15 is 0 Å². The monoisotopic (exact) mass is 335 g/mol. The SMILES string of the molecule is CCOC(=O)C(=C/N)/C(=N/C=C/C(C)(C)NC(C)=O)C(F)(F)F. The van der Waals surface area contributed by atoms with Crippen molar-refractivity contribution in [1.82, 2.24) is 5.32 Å². The second-order valence-corrected chi connectivity index (χ2v) is 4.99. The van der Waals surface area contributed by atoms with E-state index in [1.54, 1.807) is 13.8 Å². The lowest BCUT2D eigenvalue weighted by Crippen LogP contribution is -2.40. The minimum atomic E-state index is -4.90. The van der Waals surface area contributed by atoms with Crippen LogP contribution in [0.5, 0.6) is 0 Å². The molecule has 0 spiro atoms. The van der Waals surface area contributed by atoms with Gasteiger partial charge in [0.15, 0.2) is 5.71 Å². The van der Waals surface area contributed by atoms with E-state index in [1.165, 1.54) is 19.9 Å². The minimum Gasteiger partial charge on any atom is -0.462 e. The van der Waals surface area contributed by atoms with Crippen molar-refractivity contribution in [2.24, 2.45) is 10.7 Å². The molecule has 0 aromatic heterocycles. The first-order chi connectivity index (χ1) is 10.4. The molecule has 0 atom stereocenters. The average molecular weight is 335 g/mol. The second kappa shape index (κ2) is 8.35. The number of carbonyl (C=O) groups excluding carboxylic acids is 2. The van der Waals surface area contributed by atoms with Gasteiger partial charge in [-0.15, -0.1) is 0 Å². The highest BCUT2D eigenvalue weighted by Crippen LogP contribution is 2.23. The topological polar surface area (TPSA) is 93.8 Å². The van der Waals surface area contributed by atoms with Crippen molar-refractivity contribution in [2.75, 3.05) is 6.61 Å². The molecule has 0 aliphatic rings. The van der Waals surface area contributed by atoms with Crippen LogP contribution in [0.4, 0.5) is 13.2 Å². The molecule has 0 aliphatic heterocycles. The maximum Gasteiger partial charge on any atom is 0.434 e. The quantitative estimate of drug-likeness (QED) is 0.440. The number of halogens is 3. The Bertz CT molecular complexity index is 535. The molecule has 3 N–H and O–H groups in total. The van der Waals surface area contributed by atoms with E-state index in [0.717, 1.165) is 6.20 Å². The molecule has 0 aliphatic carbocycles. The number of aliphatic imine (C=N–C) groups is 1. The molecule has 0 radical (unpaired) electrons. The number of hydrogen-bond donors (Lipinski definition) is 2. The number of esters is 1. The van der Waals surface area contributed by atoms with Crippen molar-refractivity contribution in [2.45, 2.75) is 39.4 Å². The molecule has 6 nitrogen and oxygen atoms in total. The highest BCUT2D eigenvalue weighted by molar-refractivity contribution is 6.22. The molecule has 9 heteroatoms. The van der Waals surface area contributed by atoms with E-state index in [-0.39, 0.29) is 12.5 Å². The summed E-state index contributed by atoms with van der Waals surface area (Å²) in [6.45, 7) is 5.76. The summed E-state index contributed by atoms with van der Waals surface area (Å²) >= 11 is 0. The fourth-order valence-corrected chi connectivity index (χ4v) is 1.54. The van der Waals surface area contributed by atoms with Gasteiger partial charge in [-0.05, 0) is 26.8 Å². The molecule has 0 aromatic carbocycles. The Morgan fingerprint density at radius 1 is 1.30 bits per heavy atom. The van der Waals surface area contributed by atoms with Gasteiger partial charge in [0.2, 0.25) is 5.91 Å². The van der Waals surface area contributed by atoms with Gasteiger partial charge in [-0.2, -0.15) is 13.2 Å². The summed E-state index contributed by atoms with van der Waals surface area (Å²) in [5.41, 5.74) is 1.82. The first-order valence-corrected chi connectivity index (χ1v) is 6.65. The number of amides is 1. The standard InChI is InChI=1S/C14H20F3N3O3/c1-5-23-12(22)10(8-18)11(14(15,16)17)19-7-6-13(3,4)20-9(2)21/h6-8H,5,18H2,1-4H3,(H,20,21)/b7-6+,10-8+,19-11-. The molecule has 0 unspecified atom stereocenters. The fourth-order valence-electron chi connectivity index (χ4n) is 1.54. The number of rotatable bonds is 6. The van der Waals surface area contributed by atoms with Gasteiger partial charge in [-0.1, -0.05) is 0 Å². The fraction of sp³-hybridized carbons (Fsp3) is 0.500. The Balaban J connectivity index is 5.58. The molecule has 23 heavy (non-hydrogen) atoms. The van der Waals surface area contributed by atoms with Crippen LogP contribution in [0.1, 0.15) is 27.7 Å². The van der Waals surface area contributed by atoms with E-state index < -0.39 is 29.0 Å². The zero-order chi connectivity index (χ0) is 18.3. The van der Waals surface area contributed by atoms with Crippen molar-refractivity contribution in [3.8, 4) is 0 Å². The molecule has 0 heterocycles. The predicted octanol–water partition coefficient (Wildman–Crippen LogP) is 1.82.